The van der Waals surface area contributed by atoms with Crippen molar-refractivity contribution in [1.82, 2.24) is 10.2 Å². The molecule has 1 heterocycles. The SMILES string of the molecule is CCN(CC)CC1CCCCC(=O)N1.Cl. The summed E-state index contributed by atoms with van der Waals surface area (Å²) in [4.78, 5) is 13.7. The number of amides is 1. The second kappa shape index (κ2) is 7.94. The van der Waals surface area contributed by atoms with Crippen molar-refractivity contribution in [2.45, 2.75) is 45.6 Å². The highest BCUT2D eigenvalue weighted by atomic mass is 35.5. The van der Waals surface area contributed by atoms with Crippen molar-refractivity contribution in [2.75, 3.05) is 19.6 Å². The molecule has 0 bridgehead atoms. The molecular weight excluding hydrogens is 212 g/mol. The third-order valence-corrected chi connectivity index (χ3v) is 2.94. The monoisotopic (exact) mass is 234 g/mol. The minimum atomic E-state index is 0. The van der Waals surface area contributed by atoms with E-state index in [1.807, 2.05) is 0 Å². The van der Waals surface area contributed by atoms with E-state index in [9.17, 15) is 4.79 Å². The van der Waals surface area contributed by atoms with Crippen LogP contribution in [0.5, 0.6) is 0 Å². The molecule has 0 saturated carbocycles. The van der Waals surface area contributed by atoms with Gasteiger partial charge in [0.2, 0.25) is 5.91 Å². The molecule has 0 spiro atoms. The van der Waals surface area contributed by atoms with Gasteiger partial charge in [0.25, 0.3) is 0 Å². The van der Waals surface area contributed by atoms with E-state index in [1.165, 1.54) is 6.42 Å². The summed E-state index contributed by atoms with van der Waals surface area (Å²) in [6.45, 7) is 7.49. The standard InChI is InChI=1S/C11H22N2O.ClH/c1-3-13(4-2)9-10-7-5-6-8-11(14)12-10;/h10H,3-9H2,1-2H3,(H,12,14);1H. The second-order valence-electron chi connectivity index (χ2n) is 4.00. The van der Waals surface area contributed by atoms with E-state index in [1.54, 1.807) is 0 Å². The van der Waals surface area contributed by atoms with Crippen molar-refractivity contribution in [2.24, 2.45) is 0 Å². The van der Waals surface area contributed by atoms with E-state index in [-0.39, 0.29) is 18.3 Å². The lowest BCUT2D eigenvalue weighted by atomic mass is 10.1. The molecule has 1 rings (SSSR count). The summed E-state index contributed by atoms with van der Waals surface area (Å²) >= 11 is 0. The quantitative estimate of drug-likeness (QED) is 0.805. The van der Waals surface area contributed by atoms with Gasteiger partial charge in [-0.2, -0.15) is 0 Å². The van der Waals surface area contributed by atoms with Crippen LogP contribution >= 0.6 is 12.4 Å². The third kappa shape index (κ3) is 5.38. The van der Waals surface area contributed by atoms with Gasteiger partial charge in [0.1, 0.15) is 0 Å². The van der Waals surface area contributed by atoms with Crippen molar-refractivity contribution in [3.8, 4) is 0 Å². The van der Waals surface area contributed by atoms with Crippen LogP contribution in [0.2, 0.25) is 0 Å². The van der Waals surface area contributed by atoms with Crippen LogP contribution in [0.25, 0.3) is 0 Å². The molecule has 1 fully saturated rings. The summed E-state index contributed by atoms with van der Waals surface area (Å²) in [6.07, 6.45) is 4.10. The molecule has 1 saturated heterocycles. The molecular formula is C11H23ClN2O. The number of nitrogens with zero attached hydrogens (tertiary/aromatic N) is 1. The van der Waals surface area contributed by atoms with E-state index in [2.05, 4.69) is 24.1 Å². The van der Waals surface area contributed by atoms with Crippen LogP contribution in [-0.4, -0.2) is 36.5 Å². The summed E-state index contributed by atoms with van der Waals surface area (Å²) in [5, 5.41) is 3.10. The Morgan fingerprint density at radius 3 is 2.60 bits per heavy atom. The topological polar surface area (TPSA) is 32.3 Å². The third-order valence-electron chi connectivity index (χ3n) is 2.94. The highest BCUT2D eigenvalue weighted by Gasteiger charge is 2.17. The Balaban J connectivity index is 0.00000196. The Morgan fingerprint density at radius 1 is 1.33 bits per heavy atom. The molecule has 1 N–H and O–H groups in total. The van der Waals surface area contributed by atoms with Crippen molar-refractivity contribution >= 4 is 18.3 Å². The van der Waals surface area contributed by atoms with Crippen molar-refractivity contribution in [1.29, 1.82) is 0 Å². The molecule has 15 heavy (non-hydrogen) atoms. The van der Waals surface area contributed by atoms with E-state index < -0.39 is 0 Å². The molecule has 0 radical (unpaired) electrons. The van der Waals surface area contributed by atoms with Crippen LogP contribution in [-0.2, 0) is 4.79 Å². The fourth-order valence-corrected chi connectivity index (χ4v) is 1.98. The summed E-state index contributed by atoms with van der Waals surface area (Å²) < 4.78 is 0. The number of halogens is 1. The zero-order valence-electron chi connectivity index (χ0n) is 9.79. The van der Waals surface area contributed by atoms with E-state index >= 15 is 0 Å². The fourth-order valence-electron chi connectivity index (χ4n) is 1.98. The normalized spacial score (nSPS) is 21.8. The molecule has 4 heteroatoms. The van der Waals surface area contributed by atoms with Crippen LogP contribution in [0.4, 0.5) is 0 Å². The average Bonchev–Trinajstić information content (AvgIpc) is 2.39. The summed E-state index contributed by atoms with van der Waals surface area (Å²) in [5.74, 6) is 0.236. The van der Waals surface area contributed by atoms with Gasteiger partial charge in [0, 0.05) is 19.0 Å². The van der Waals surface area contributed by atoms with Gasteiger partial charge in [-0.1, -0.05) is 20.3 Å². The summed E-state index contributed by atoms with van der Waals surface area (Å²) in [6, 6.07) is 0.380. The first-order chi connectivity index (χ1) is 6.76. The highest BCUT2D eigenvalue weighted by molar-refractivity contribution is 5.85. The van der Waals surface area contributed by atoms with Crippen molar-refractivity contribution in [3.05, 3.63) is 0 Å². The molecule has 1 aliphatic rings. The van der Waals surface area contributed by atoms with Crippen LogP contribution in [0.3, 0.4) is 0 Å². The molecule has 1 unspecified atom stereocenters. The zero-order valence-corrected chi connectivity index (χ0v) is 10.6. The van der Waals surface area contributed by atoms with Crippen molar-refractivity contribution < 1.29 is 4.79 Å². The smallest absolute Gasteiger partial charge is 0.220 e. The molecule has 1 amide bonds. The van der Waals surface area contributed by atoms with Gasteiger partial charge in [0.05, 0.1) is 0 Å². The van der Waals surface area contributed by atoms with Gasteiger partial charge in [-0.15, -0.1) is 12.4 Å². The predicted molar refractivity (Wildman–Crippen MR) is 65.4 cm³/mol. The van der Waals surface area contributed by atoms with E-state index in [4.69, 9.17) is 0 Å². The number of carbonyl (C=O) groups is 1. The first-order valence-electron chi connectivity index (χ1n) is 5.78. The number of hydrogen-bond acceptors (Lipinski definition) is 2. The average molecular weight is 235 g/mol. The molecule has 3 nitrogen and oxygen atoms in total. The van der Waals surface area contributed by atoms with Gasteiger partial charge in [-0.05, 0) is 25.9 Å². The van der Waals surface area contributed by atoms with Gasteiger partial charge in [0.15, 0.2) is 0 Å². The molecule has 1 aliphatic heterocycles. The molecule has 0 aliphatic carbocycles. The number of rotatable bonds is 4. The maximum absolute atomic E-state index is 11.3. The Bertz CT molecular complexity index is 183. The van der Waals surface area contributed by atoms with E-state index in [0.29, 0.717) is 6.04 Å². The van der Waals surface area contributed by atoms with Crippen molar-refractivity contribution in [3.63, 3.8) is 0 Å². The van der Waals surface area contributed by atoms with Crippen LogP contribution in [0, 0.1) is 0 Å². The Kier molecular flexibility index (Phi) is 7.79. The van der Waals surface area contributed by atoms with Crippen LogP contribution < -0.4 is 5.32 Å². The maximum atomic E-state index is 11.3. The first-order valence-corrected chi connectivity index (χ1v) is 5.78. The van der Waals surface area contributed by atoms with Gasteiger partial charge in [-0.25, -0.2) is 0 Å². The molecule has 0 aromatic heterocycles. The Labute approximate surface area is 99.0 Å². The lowest BCUT2D eigenvalue weighted by Gasteiger charge is -2.24. The number of hydrogen-bond donors (Lipinski definition) is 1. The number of likely N-dealkylation sites (N-methyl/N-ethyl adjacent to an activating group) is 1. The Hall–Kier alpha value is -0.280. The Morgan fingerprint density at radius 2 is 2.00 bits per heavy atom. The molecule has 1 atom stereocenters. The minimum absolute atomic E-state index is 0. The summed E-state index contributed by atoms with van der Waals surface area (Å²) in [5.41, 5.74) is 0. The predicted octanol–water partition coefficient (Wildman–Crippen LogP) is 1.81. The molecule has 0 aromatic carbocycles. The van der Waals surface area contributed by atoms with Gasteiger partial charge in [-0.3, -0.25) is 4.79 Å². The largest absolute Gasteiger partial charge is 0.352 e. The zero-order chi connectivity index (χ0) is 10.4. The first kappa shape index (κ1) is 14.7. The lowest BCUT2D eigenvalue weighted by Crippen LogP contribution is -2.42. The lowest BCUT2D eigenvalue weighted by molar-refractivity contribution is -0.121. The van der Waals surface area contributed by atoms with Gasteiger partial charge >= 0.3 is 0 Å². The number of carbonyl (C=O) groups excluding carboxylic acids is 1. The van der Waals surface area contributed by atoms with Gasteiger partial charge < -0.3 is 10.2 Å². The highest BCUT2D eigenvalue weighted by Crippen LogP contribution is 2.10. The molecule has 90 valence electrons. The maximum Gasteiger partial charge on any atom is 0.220 e. The molecule has 0 aromatic rings. The van der Waals surface area contributed by atoms with E-state index in [0.717, 1.165) is 38.9 Å². The van der Waals surface area contributed by atoms with Crippen LogP contribution in [0.15, 0.2) is 0 Å². The number of nitrogens with one attached hydrogen (secondary N) is 1. The van der Waals surface area contributed by atoms with Crippen LogP contribution in [0.1, 0.15) is 39.5 Å². The summed E-state index contributed by atoms with van der Waals surface area (Å²) in [7, 11) is 0. The minimum Gasteiger partial charge on any atom is -0.352 e. The second-order valence-corrected chi connectivity index (χ2v) is 4.00. The fraction of sp³-hybridized carbons (Fsp3) is 0.909.